The lowest BCUT2D eigenvalue weighted by molar-refractivity contribution is -0.125. The summed E-state index contributed by atoms with van der Waals surface area (Å²) >= 11 is 0. The van der Waals surface area contributed by atoms with Gasteiger partial charge in [-0.2, -0.15) is 0 Å². The van der Waals surface area contributed by atoms with E-state index in [1.165, 1.54) is 0 Å². The summed E-state index contributed by atoms with van der Waals surface area (Å²) in [6.45, 7) is 0.00594. The van der Waals surface area contributed by atoms with E-state index >= 15 is 0 Å². The summed E-state index contributed by atoms with van der Waals surface area (Å²) in [6.07, 6.45) is 3.58. The lowest BCUT2D eigenvalue weighted by atomic mass is 10.2. The van der Waals surface area contributed by atoms with Gasteiger partial charge in [0.2, 0.25) is 11.8 Å². The summed E-state index contributed by atoms with van der Waals surface area (Å²) in [7, 11) is 0. The third kappa shape index (κ3) is 2.77. The van der Waals surface area contributed by atoms with Crippen LogP contribution in [-0.4, -0.2) is 23.3 Å². The number of aromatic nitrogens is 1. The summed E-state index contributed by atoms with van der Waals surface area (Å²) in [5.41, 5.74) is 1.54. The molecule has 0 atom stereocenters. The van der Waals surface area contributed by atoms with E-state index in [0.29, 0.717) is 5.69 Å². The van der Waals surface area contributed by atoms with Gasteiger partial charge in [0.1, 0.15) is 0 Å². The van der Waals surface area contributed by atoms with E-state index in [2.05, 4.69) is 15.6 Å². The molecule has 3 rings (SSSR count). The fourth-order valence-electron chi connectivity index (χ4n) is 2.06. The van der Waals surface area contributed by atoms with E-state index < -0.39 is 0 Å². The molecule has 2 N–H and O–H groups in total. The molecular weight excluding hydrogens is 254 g/mol. The van der Waals surface area contributed by atoms with E-state index in [1.54, 1.807) is 6.20 Å². The lowest BCUT2D eigenvalue weighted by Crippen LogP contribution is -2.33. The van der Waals surface area contributed by atoms with Crippen LogP contribution >= 0.6 is 0 Å². The zero-order chi connectivity index (χ0) is 13.9. The third-order valence-corrected chi connectivity index (χ3v) is 3.29. The van der Waals surface area contributed by atoms with Crippen LogP contribution in [0.2, 0.25) is 0 Å². The number of carbonyl (C=O) groups excluding carboxylic acids is 2. The molecule has 0 aliphatic heterocycles. The fraction of sp³-hybridized carbons (Fsp3) is 0.267. The van der Waals surface area contributed by atoms with Crippen molar-refractivity contribution in [2.45, 2.75) is 12.8 Å². The molecule has 0 saturated heterocycles. The molecule has 0 unspecified atom stereocenters. The average Bonchev–Trinajstić information content (AvgIpc) is 3.30. The van der Waals surface area contributed by atoms with Crippen LogP contribution in [0.5, 0.6) is 0 Å². The number of pyridine rings is 1. The number of fused-ring (bicyclic) bond motifs is 1. The first kappa shape index (κ1) is 12.6. The molecule has 1 aliphatic carbocycles. The smallest absolute Gasteiger partial charge is 0.243 e. The van der Waals surface area contributed by atoms with Gasteiger partial charge in [-0.1, -0.05) is 6.07 Å². The monoisotopic (exact) mass is 269 g/mol. The molecule has 1 fully saturated rings. The van der Waals surface area contributed by atoms with Gasteiger partial charge in [0.05, 0.1) is 17.7 Å². The van der Waals surface area contributed by atoms with Crippen molar-refractivity contribution in [2.24, 2.45) is 5.92 Å². The van der Waals surface area contributed by atoms with Crippen LogP contribution in [0.1, 0.15) is 12.8 Å². The molecule has 5 nitrogen and oxygen atoms in total. The van der Waals surface area contributed by atoms with Gasteiger partial charge >= 0.3 is 0 Å². The Balaban J connectivity index is 1.66. The number of nitrogens with one attached hydrogen (secondary N) is 2. The van der Waals surface area contributed by atoms with Crippen LogP contribution in [0.25, 0.3) is 10.9 Å². The van der Waals surface area contributed by atoms with Gasteiger partial charge in [0.15, 0.2) is 0 Å². The normalized spacial score (nSPS) is 14.0. The molecule has 20 heavy (non-hydrogen) atoms. The van der Waals surface area contributed by atoms with Gasteiger partial charge in [-0.25, -0.2) is 0 Å². The van der Waals surface area contributed by atoms with Crippen molar-refractivity contribution in [3.8, 4) is 0 Å². The Morgan fingerprint density at radius 3 is 2.85 bits per heavy atom. The van der Waals surface area contributed by atoms with E-state index in [4.69, 9.17) is 0 Å². The number of nitrogens with zero attached hydrogens (tertiary/aromatic N) is 1. The Labute approximate surface area is 116 Å². The number of amides is 2. The zero-order valence-corrected chi connectivity index (χ0v) is 10.9. The van der Waals surface area contributed by atoms with Gasteiger partial charge in [-0.15, -0.1) is 0 Å². The first-order valence-corrected chi connectivity index (χ1v) is 6.65. The number of anilines is 1. The Hall–Kier alpha value is -2.43. The van der Waals surface area contributed by atoms with Crippen LogP contribution < -0.4 is 10.6 Å². The quantitative estimate of drug-likeness (QED) is 0.887. The Morgan fingerprint density at radius 1 is 1.20 bits per heavy atom. The van der Waals surface area contributed by atoms with Gasteiger partial charge in [0, 0.05) is 17.5 Å². The maximum atomic E-state index is 11.9. The molecule has 0 spiro atoms. The second kappa shape index (κ2) is 5.28. The maximum Gasteiger partial charge on any atom is 0.243 e. The maximum absolute atomic E-state index is 11.9. The minimum absolute atomic E-state index is 0.00594. The SMILES string of the molecule is O=C(CNC(=O)C1CC1)Nc1cccc2ncccc12. The molecule has 1 heterocycles. The van der Waals surface area contributed by atoms with Crippen molar-refractivity contribution >= 4 is 28.4 Å². The van der Waals surface area contributed by atoms with Crippen molar-refractivity contribution in [1.29, 1.82) is 0 Å². The van der Waals surface area contributed by atoms with Crippen molar-refractivity contribution in [2.75, 3.05) is 11.9 Å². The fourth-order valence-corrected chi connectivity index (χ4v) is 2.06. The van der Waals surface area contributed by atoms with Gasteiger partial charge in [-0.05, 0) is 37.1 Å². The molecule has 1 aromatic heterocycles. The molecule has 0 radical (unpaired) electrons. The van der Waals surface area contributed by atoms with Crippen LogP contribution in [-0.2, 0) is 9.59 Å². The molecule has 102 valence electrons. The highest BCUT2D eigenvalue weighted by atomic mass is 16.2. The summed E-state index contributed by atoms with van der Waals surface area (Å²) in [5, 5.41) is 6.34. The predicted octanol–water partition coefficient (Wildman–Crippen LogP) is 1.70. The number of benzene rings is 1. The van der Waals surface area contributed by atoms with Gasteiger partial charge in [0.25, 0.3) is 0 Å². The third-order valence-electron chi connectivity index (χ3n) is 3.29. The van der Waals surface area contributed by atoms with Crippen molar-refractivity contribution in [3.05, 3.63) is 36.5 Å². The minimum atomic E-state index is -0.227. The number of hydrogen-bond acceptors (Lipinski definition) is 3. The van der Waals surface area contributed by atoms with Crippen LogP contribution in [0.15, 0.2) is 36.5 Å². The Morgan fingerprint density at radius 2 is 2.05 bits per heavy atom. The molecule has 1 aromatic carbocycles. The lowest BCUT2D eigenvalue weighted by Gasteiger charge is -2.09. The first-order chi connectivity index (χ1) is 9.74. The molecule has 1 aliphatic rings. The van der Waals surface area contributed by atoms with E-state index in [-0.39, 0.29) is 24.3 Å². The van der Waals surface area contributed by atoms with E-state index in [9.17, 15) is 9.59 Å². The molecule has 5 heteroatoms. The second-order valence-electron chi connectivity index (χ2n) is 4.92. The van der Waals surface area contributed by atoms with Gasteiger partial charge < -0.3 is 10.6 Å². The van der Waals surface area contributed by atoms with Crippen LogP contribution in [0.3, 0.4) is 0 Å². The van der Waals surface area contributed by atoms with Gasteiger partial charge in [-0.3, -0.25) is 14.6 Å². The Bertz CT molecular complexity index is 660. The van der Waals surface area contributed by atoms with E-state index in [1.807, 2.05) is 30.3 Å². The molecular formula is C15H15N3O2. The highest BCUT2D eigenvalue weighted by molar-refractivity contribution is 6.02. The zero-order valence-electron chi connectivity index (χ0n) is 10.9. The Kier molecular flexibility index (Phi) is 3.33. The highest BCUT2D eigenvalue weighted by Crippen LogP contribution is 2.28. The topological polar surface area (TPSA) is 71.1 Å². The summed E-state index contributed by atoms with van der Waals surface area (Å²) in [4.78, 5) is 27.6. The molecule has 2 amide bonds. The van der Waals surface area contributed by atoms with Crippen molar-refractivity contribution in [1.82, 2.24) is 10.3 Å². The number of rotatable bonds is 4. The number of carbonyl (C=O) groups is 2. The number of hydrogen-bond donors (Lipinski definition) is 2. The predicted molar refractivity (Wildman–Crippen MR) is 76.1 cm³/mol. The second-order valence-corrected chi connectivity index (χ2v) is 4.92. The molecule has 2 aromatic rings. The highest BCUT2D eigenvalue weighted by Gasteiger charge is 2.29. The summed E-state index contributed by atoms with van der Waals surface area (Å²) < 4.78 is 0. The largest absolute Gasteiger partial charge is 0.347 e. The van der Waals surface area contributed by atoms with E-state index in [0.717, 1.165) is 23.7 Å². The molecule has 1 saturated carbocycles. The first-order valence-electron chi connectivity index (χ1n) is 6.65. The standard InChI is InChI=1S/C15H15N3O2/c19-14(9-17-15(20)10-6-7-10)18-13-5-1-4-12-11(13)3-2-8-16-12/h1-5,8,10H,6-7,9H2,(H,17,20)(H,18,19). The molecule has 0 bridgehead atoms. The summed E-state index contributed by atoms with van der Waals surface area (Å²) in [5.74, 6) is -0.139. The average molecular weight is 269 g/mol. The van der Waals surface area contributed by atoms with Crippen LogP contribution in [0.4, 0.5) is 5.69 Å². The van der Waals surface area contributed by atoms with Crippen LogP contribution in [0, 0.1) is 5.92 Å². The minimum Gasteiger partial charge on any atom is -0.347 e. The van der Waals surface area contributed by atoms with Crippen molar-refractivity contribution < 1.29 is 9.59 Å². The van der Waals surface area contributed by atoms with Crippen molar-refractivity contribution in [3.63, 3.8) is 0 Å². The summed E-state index contributed by atoms with van der Waals surface area (Å²) in [6, 6.07) is 9.28.